The van der Waals surface area contributed by atoms with Gasteiger partial charge in [0, 0.05) is 25.2 Å². The van der Waals surface area contributed by atoms with E-state index in [1.165, 1.54) is 24.3 Å². The molecule has 0 bridgehead atoms. The number of rotatable bonds is 3. The lowest BCUT2D eigenvalue weighted by Gasteiger charge is -2.20. The van der Waals surface area contributed by atoms with Crippen LogP contribution in [0.3, 0.4) is 0 Å². The highest BCUT2D eigenvalue weighted by Crippen LogP contribution is 2.30. The predicted molar refractivity (Wildman–Crippen MR) is 81.6 cm³/mol. The lowest BCUT2D eigenvalue weighted by atomic mass is 10.2. The Morgan fingerprint density at radius 2 is 2.04 bits per heavy atom. The monoisotopic (exact) mass is 351 g/mol. The molecule has 2 heterocycles. The Morgan fingerprint density at radius 3 is 2.68 bits per heavy atom. The van der Waals surface area contributed by atoms with E-state index in [0.29, 0.717) is 25.2 Å². The zero-order valence-corrected chi connectivity index (χ0v) is 12.9. The Labute approximate surface area is 141 Å². The smallest absolute Gasteiger partial charge is 0.417 e. The predicted octanol–water partition coefficient (Wildman–Crippen LogP) is 3.77. The van der Waals surface area contributed by atoms with Gasteiger partial charge in [0.2, 0.25) is 5.88 Å². The molecule has 8 heteroatoms. The van der Waals surface area contributed by atoms with Gasteiger partial charge in [-0.05, 0) is 24.3 Å². The molecule has 1 atom stereocenters. The molecule has 0 N–H and O–H groups in total. The first kappa shape index (κ1) is 17.0. The molecular formula is C17H13F4N3O. The van der Waals surface area contributed by atoms with Crippen molar-refractivity contribution in [3.8, 4) is 11.9 Å². The Balaban J connectivity index is 1.67. The summed E-state index contributed by atoms with van der Waals surface area (Å²) in [5.74, 6) is -0.374. The summed E-state index contributed by atoms with van der Waals surface area (Å²) in [6.07, 6.45) is -3.37. The molecule has 0 radical (unpaired) electrons. The maximum Gasteiger partial charge on any atom is 0.417 e. The molecule has 1 saturated heterocycles. The SMILES string of the molecule is N#Cc1cc(F)ccc1N1CCC(Oc2ccc(C(F)(F)F)cn2)C1. The van der Waals surface area contributed by atoms with Gasteiger partial charge < -0.3 is 9.64 Å². The fourth-order valence-electron chi connectivity index (χ4n) is 2.71. The first-order valence-electron chi connectivity index (χ1n) is 7.51. The summed E-state index contributed by atoms with van der Waals surface area (Å²) >= 11 is 0. The summed E-state index contributed by atoms with van der Waals surface area (Å²) in [5, 5.41) is 9.12. The third-order valence-corrected chi connectivity index (χ3v) is 3.92. The summed E-state index contributed by atoms with van der Waals surface area (Å²) in [6.45, 7) is 1.02. The van der Waals surface area contributed by atoms with E-state index in [0.717, 1.165) is 12.3 Å². The number of nitrogens with zero attached hydrogens (tertiary/aromatic N) is 3. The fourth-order valence-corrected chi connectivity index (χ4v) is 2.71. The van der Waals surface area contributed by atoms with Gasteiger partial charge in [0.15, 0.2) is 0 Å². The number of nitriles is 1. The summed E-state index contributed by atoms with van der Waals surface area (Å²) < 4.78 is 56.4. The van der Waals surface area contributed by atoms with Crippen LogP contribution in [0.5, 0.6) is 5.88 Å². The number of aromatic nitrogens is 1. The van der Waals surface area contributed by atoms with Gasteiger partial charge in [-0.15, -0.1) is 0 Å². The Kier molecular flexibility index (Phi) is 4.49. The van der Waals surface area contributed by atoms with Crippen LogP contribution in [0.2, 0.25) is 0 Å². The molecule has 1 aliphatic rings. The van der Waals surface area contributed by atoms with E-state index >= 15 is 0 Å². The maximum absolute atomic E-state index is 13.2. The minimum atomic E-state index is -4.44. The van der Waals surface area contributed by atoms with E-state index in [9.17, 15) is 17.6 Å². The van der Waals surface area contributed by atoms with Crippen LogP contribution in [-0.2, 0) is 6.18 Å². The molecule has 1 fully saturated rings. The van der Waals surface area contributed by atoms with Crippen LogP contribution in [0.4, 0.5) is 23.2 Å². The van der Waals surface area contributed by atoms with Crippen LogP contribution in [0.1, 0.15) is 17.5 Å². The highest BCUT2D eigenvalue weighted by molar-refractivity contribution is 5.60. The Hall–Kier alpha value is -2.82. The van der Waals surface area contributed by atoms with E-state index in [2.05, 4.69) is 4.98 Å². The molecule has 1 aliphatic heterocycles. The lowest BCUT2D eigenvalue weighted by molar-refractivity contribution is -0.137. The van der Waals surface area contributed by atoms with Gasteiger partial charge in [-0.2, -0.15) is 18.4 Å². The largest absolute Gasteiger partial charge is 0.472 e. The van der Waals surface area contributed by atoms with Gasteiger partial charge in [-0.3, -0.25) is 0 Å². The first-order valence-corrected chi connectivity index (χ1v) is 7.51. The minimum Gasteiger partial charge on any atom is -0.472 e. The number of hydrogen-bond acceptors (Lipinski definition) is 4. The molecule has 1 aromatic heterocycles. The van der Waals surface area contributed by atoms with Crippen LogP contribution in [0.25, 0.3) is 0 Å². The van der Waals surface area contributed by atoms with Crippen molar-refractivity contribution in [1.82, 2.24) is 4.98 Å². The number of hydrogen-bond donors (Lipinski definition) is 0. The normalized spacial score (nSPS) is 17.4. The van der Waals surface area contributed by atoms with Crippen molar-refractivity contribution in [2.24, 2.45) is 0 Å². The topological polar surface area (TPSA) is 49.2 Å². The number of pyridine rings is 1. The summed E-state index contributed by atoms with van der Waals surface area (Å²) in [7, 11) is 0. The van der Waals surface area contributed by atoms with Crippen LogP contribution in [0, 0.1) is 17.1 Å². The highest BCUT2D eigenvalue weighted by atomic mass is 19.4. The van der Waals surface area contributed by atoms with Crippen molar-refractivity contribution in [2.45, 2.75) is 18.7 Å². The summed E-state index contributed by atoms with van der Waals surface area (Å²) in [5.41, 5.74) is 0.00144. The second-order valence-corrected chi connectivity index (χ2v) is 5.63. The summed E-state index contributed by atoms with van der Waals surface area (Å²) in [4.78, 5) is 5.57. The number of benzene rings is 1. The molecule has 130 valence electrons. The fraction of sp³-hybridized carbons (Fsp3) is 0.294. The third-order valence-electron chi connectivity index (χ3n) is 3.92. The Morgan fingerprint density at radius 1 is 1.24 bits per heavy atom. The van der Waals surface area contributed by atoms with Crippen molar-refractivity contribution in [1.29, 1.82) is 5.26 Å². The molecule has 0 spiro atoms. The van der Waals surface area contributed by atoms with Crippen LogP contribution in [-0.4, -0.2) is 24.2 Å². The number of halogens is 4. The third kappa shape index (κ3) is 3.82. The molecule has 0 saturated carbocycles. The second-order valence-electron chi connectivity index (χ2n) is 5.63. The first-order chi connectivity index (χ1) is 11.9. The zero-order chi connectivity index (χ0) is 18.0. The molecule has 4 nitrogen and oxygen atoms in total. The number of alkyl halides is 3. The number of ether oxygens (including phenoxy) is 1. The standard InChI is InChI=1S/C17H13F4N3O/c18-13-2-3-15(11(7-13)8-22)24-6-5-14(10-24)25-16-4-1-12(9-23-16)17(19,20)21/h1-4,7,9,14H,5-6,10H2. The van der Waals surface area contributed by atoms with Crippen molar-refractivity contribution in [3.05, 3.63) is 53.5 Å². The van der Waals surface area contributed by atoms with E-state index in [1.54, 1.807) is 0 Å². The van der Waals surface area contributed by atoms with E-state index in [1.807, 2.05) is 11.0 Å². The van der Waals surface area contributed by atoms with Crippen LogP contribution in [0.15, 0.2) is 36.5 Å². The van der Waals surface area contributed by atoms with Gasteiger partial charge in [0.05, 0.1) is 23.4 Å². The van der Waals surface area contributed by atoms with Crippen molar-refractivity contribution in [2.75, 3.05) is 18.0 Å². The molecule has 3 rings (SSSR count). The number of anilines is 1. The second kappa shape index (κ2) is 6.59. The van der Waals surface area contributed by atoms with Gasteiger partial charge >= 0.3 is 6.18 Å². The van der Waals surface area contributed by atoms with Gasteiger partial charge in [0.1, 0.15) is 18.0 Å². The molecule has 1 aromatic carbocycles. The quantitative estimate of drug-likeness (QED) is 0.790. The average Bonchev–Trinajstić information content (AvgIpc) is 3.02. The van der Waals surface area contributed by atoms with Crippen LogP contribution < -0.4 is 9.64 Å². The lowest BCUT2D eigenvalue weighted by Crippen LogP contribution is -2.25. The molecule has 25 heavy (non-hydrogen) atoms. The van der Waals surface area contributed by atoms with Crippen molar-refractivity contribution < 1.29 is 22.3 Å². The molecule has 0 aliphatic carbocycles. The summed E-state index contributed by atoms with van der Waals surface area (Å²) in [6, 6.07) is 8.04. The minimum absolute atomic E-state index is 0.111. The van der Waals surface area contributed by atoms with E-state index < -0.39 is 17.6 Å². The highest BCUT2D eigenvalue weighted by Gasteiger charge is 2.31. The maximum atomic E-state index is 13.2. The molecule has 2 aromatic rings. The molecule has 1 unspecified atom stereocenters. The van der Waals surface area contributed by atoms with Crippen molar-refractivity contribution >= 4 is 5.69 Å². The Bertz CT molecular complexity index is 799. The van der Waals surface area contributed by atoms with Crippen LogP contribution >= 0.6 is 0 Å². The average molecular weight is 351 g/mol. The van der Waals surface area contributed by atoms with E-state index in [-0.39, 0.29) is 17.5 Å². The molecule has 0 amide bonds. The van der Waals surface area contributed by atoms with Gasteiger partial charge in [-0.1, -0.05) is 0 Å². The van der Waals surface area contributed by atoms with Gasteiger partial charge in [0.25, 0.3) is 0 Å². The zero-order valence-electron chi connectivity index (χ0n) is 12.9. The van der Waals surface area contributed by atoms with Crippen molar-refractivity contribution in [3.63, 3.8) is 0 Å². The molecular weight excluding hydrogens is 338 g/mol. The van der Waals surface area contributed by atoms with E-state index in [4.69, 9.17) is 10.00 Å². The van der Waals surface area contributed by atoms with Gasteiger partial charge in [-0.25, -0.2) is 9.37 Å².